The number of nitrogens with one attached hydrogen (secondary N) is 4. The molecule has 9 heteroatoms. The third kappa shape index (κ3) is 5.28. The molecule has 4 heterocycles. The van der Waals surface area contributed by atoms with Gasteiger partial charge in [0.25, 0.3) is 0 Å². The number of aliphatic imine (C=N–C) groups is 1. The predicted octanol–water partition coefficient (Wildman–Crippen LogP) is 4.88. The molecule has 0 radical (unpaired) electrons. The maximum atomic E-state index is 13.8. The minimum Gasteiger partial charge on any atom is -0.357 e. The summed E-state index contributed by atoms with van der Waals surface area (Å²) in [5.41, 5.74) is 9.99. The number of hydrogen-bond acceptors (Lipinski definition) is 5. The SMILES string of the molecule is CCCCC1N[C@@H](C2(C)N=C(c3ccc(F)cc3)NN2)Cc2c1[nH]c1cc(F)ccc21.Cn1cccn1. The normalized spacial score (nSPS) is 22.7. The Morgan fingerprint density at radius 3 is 2.57 bits per heavy atom. The fourth-order valence-electron chi connectivity index (χ4n) is 5.08. The Morgan fingerprint density at radius 2 is 1.89 bits per heavy atom. The average molecular weight is 506 g/mol. The van der Waals surface area contributed by atoms with Crippen LogP contribution in [0.2, 0.25) is 0 Å². The van der Waals surface area contributed by atoms with Gasteiger partial charge in [-0.05, 0) is 73.9 Å². The standard InChI is InChI=1S/C24H27F2N5.C4H6N2/c1-3-4-5-19-22-18(17-11-10-16(26)12-20(17)28-22)13-21(27-19)24(2)29-23(30-31-24)14-6-8-15(25)9-7-14;1-6-4-2-3-5-6/h6-12,19,21,27-28,31H,3-5,13H2,1-2H3,(H,29,30);2-4H,1H3/t19?,21-,24?;/m1./s1. The monoisotopic (exact) mass is 505 g/mol. The molecule has 0 bridgehead atoms. The Kier molecular flexibility index (Phi) is 7.08. The topological polar surface area (TPSA) is 82.1 Å². The van der Waals surface area contributed by atoms with Crippen LogP contribution < -0.4 is 16.2 Å². The van der Waals surface area contributed by atoms with Gasteiger partial charge in [0.2, 0.25) is 0 Å². The van der Waals surface area contributed by atoms with Crippen LogP contribution in [-0.4, -0.2) is 32.3 Å². The van der Waals surface area contributed by atoms with E-state index in [1.807, 2.05) is 25.4 Å². The smallest absolute Gasteiger partial charge is 0.144 e. The first kappa shape index (κ1) is 25.1. The van der Waals surface area contributed by atoms with Crippen LogP contribution in [0.25, 0.3) is 10.9 Å². The van der Waals surface area contributed by atoms with Gasteiger partial charge in [-0.2, -0.15) is 5.10 Å². The van der Waals surface area contributed by atoms with Gasteiger partial charge in [-0.1, -0.05) is 19.8 Å². The Morgan fingerprint density at radius 1 is 1.11 bits per heavy atom. The number of nitrogens with zero attached hydrogens (tertiary/aromatic N) is 3. The van der Waals surface area contributed by atoms with E-state index < -0.39 is 5.66 Å². The fraction of sp³-hybridized carbons (Fsp3) is 0.357. The minimum absolute atomic E-state index is 0.0244. The van der Waals surface area contributed by atoms with E-state index >= 15 is 0 Å². The predicted molar refractivity (Wildman–Crippen MR) is 142 cm³/mol. The van der Waals surface area contributed by atoms with Crippen molar-refractivity contribution in [3.05, 3.63) is 89.4 Å². The van der Waals surface area contributed by atoms with Crippen molar-refractivity contribution in [2.24, 2.45) is 12.0 Å². The molecule has 2 aliphatic rings. The Bertz CT molecular complexity index is 1380. The number of benzene rings is 2. The summed E-state index contributed by atoms with van der Waals surface area (Å²) in [5.74, 6) is 0.193. The van der Waals surface area contributed by atoms with Gasteiger partial charge in [-0.3, -0.25) is 4.68 Å². The molecule has 0 spiro atoms. The lowest BCUT2D eigenvalue weighted by atomic mass is 9.86. The molecule has 3 atom stereocenters. The van der Waals surface area contributed by atoms with Crippen molar-refractivity contribution in [3.8, 4) is 0 Å². The molecule has 0 saturated heterocycles. The number of hydrogen-bond donors (Lipinski definition) is 4. The second-order valence-corrected chi connectivity index (χ2v) is 9.87. The quantitative estimate of drug-likeness (QED) is 0.312. The summed E-state index contributed by atoms with van der Waals surface area (Å²) in [7, 11) is 1.89. The number of unbranched alkanes of at least 4 members (excludes halogenated alkanes) is 1. The van der Waals surface area contributed by atoms with Gasteiger partial charge in [-0.15, -0.1) is 0 Å². The van der Waals surface area contributed by atoms with Crippen molar-refractivity contribution < 1.29 is 8.78 Å². The number of aromatic amines is 1. The van der Waals surface area contributed by atoms with E-state index in [0.717, 1.165) is 47.8 Å². The average Bonchev–Trinajstić information content (AvgIpc) is 3.62. The lowest BCUT2D eigenvalue weighted by molar-refractivity contribution is 0.230. The molecular weight excluding hydrogens is 472 g/mol. The first-order valence-corrected chi connectivity index (χ1v) is 12.7. The molecule has 0 aliphatic carbocycles. The van der Waals surface area contributed by atoms with Gasteiger partial charge >= 0.3 is 0 Å². The highest BCUT2D eigenvalue weighted by molar-refractivity contribution is 5.99. The summed E-state index contributed by atoms with van der Waals surface area (Å²) >= 11 is 0. The van der Waals surface area contributed by atoms with Gasteiger partial charge in [0.15, 0.2) is 0 Å². The van der Waals surface area contributed by atoms with Crippen LogP contribution in [0.15, 0.2) is 65.9 Å². The molecule has 6 rings (SSSR count). The number of aryl methyl sites for hydroxylation is 1. The number of fused-ring (bicyclic) bond motifs is 3. The minimum atomic E-state index is -0.588. The molecule has 2 aromatic carbocycles. The van der Waals surface area contributed by atoms with E-state index in [4.69, 9.17) is 4.99 Å². The van der Waals surface area contributed by atoms with Crippen molar-refractivity contribution in [1.29, 1.82) is 0 Å². The van der Waals surface area contributed by atoms with Crippen molar-refractivity contribution in [3.63, 3.8) is 0 Å². The van der Waals surface area contributed by atoms with Crippen LogP contribution in [0.5, 0.6) is 0 Å². The van der Waals surface area contributed by atoms with Crippen LogP contribution in [0.4, 0.5) is 8.78 Å². The zero-order valence-corrected chi connectivity index (χ0v) is 21.4. The van der Waals surface area contributed by atoms with E-state index in [1.54, 1.807) is 29.1 Å². The highest BCUT2D eigenvalue weighted by Gasteiger charge is 2.43. The fourth-order valence-corrected chi connectivity index (χ4v) is 5.08. The van der Waals surface area contributed by atoms with E-state index in [2.05, 4.69) is 40.1 Å². The lowest BCUT2D eigenvalue weighted by Crippen LogP contribution is -2.59. The summed E-state index contributed by atoms with van der Waals surface area (Å²) < 4.78 is 28.9. The molecule has 2 aromatic heterocycles. The molecule has 37 heavy (non-hydrogen) atoms. The number of aromatic nitrogens is 3. The van der Waals surface area contributed by atoms with Gasteiger partial charge in [0.1, 0.15) is 23.1 Å². The molecule has 194 valence electrons. The largest absolute Gasteiger partial charge is 0.357 e. The van der Waals surface area contributed by atoms with Crippen LogP contribution in [0, 0.1) is 11.6 Å². The molecule has 2 unspecified atom stereocenters. The molecule has 4 aromatic rings. The summed E-state index contributed by atoms with van der Waals surface area (Å²) in [5, 5.41) is 8.69. The lowest BCUT2D eigenvalue weighted by Gasteiger charge is -2.39. The van der Waals surface area contributed by atoms with Crippen molar-refractivity contribution in [1.82, 2.24) is 30.9 Å². The van der Waals surface area contributed by atoms with Gasteiger partial charge in [0, 0.05) is 47.6 Å². The molecule has 2 aliphatic heterocycles. The Balaban J connectivity index is 0.000000412. The number of rotatable bonds is 5. The van der Waals surface area contributed by atoms with Gasteiger partial charge in [-0.25, -0.2) is 19.2 Å². The van der Waals surface area contributed by atoms with Crippen molar-refractivity contribution >= 4 is 16.7 Å². The van der Waals surface area contributed by atoms with Crippen LogP contribution in [-0.2, 0) is 13.5 Å². The number of halogens is 2. The van der Waals surface area contributed by atoms with Crippen molar-refractivity contribution in [2.45, 2.75) is 57.3 Å². The molecule has 0 saturated carbocycles. The first-order valence-electron chi connectivity index (χ1n) is 12.7. The second kappa shape index (κ2) is 10.4. The van der Waals surface area contributed by atoms with Crippen LogP contribution in [0.1, 0.15) is 56.0 Å². The van der Waals surface area contributed by atoms with Crippen molar-refractivity contribution in [2.75, 3.05) is 0 Å². The molecule has 0 fully saturated rings. The van der Waals surface area contributed by atoms with Gasteiger partial charge < -0.3 is 15.7 Å². The zero-order valence-electron chi connectivity index (χ0n) is 21.4. The second-order valence-electron chi connectivity index (χ2n) is 9.87. The molecule has 0 amide bonds. The molecule has 7 nitrogen and oxygen atoms in total. The van der Waals surface area contributed by atoms with E-state index in [9.17, 15) is 8.78 Å². The van der Waals surface area contributed by atoms with Gasteiger partial charge in [0.05, 0.1) is 6.04 Å². The highest BCUT2D eigenvalue weighted by atomic mass is 19.1. The summed E-state index contributed by atoms with van der Waals surface area (Å²) in [6, 6.07) is 13.3. The van der Waals surface area contributed by atoms with E-state index in [0.29, 0.717) is 5.84 Å². The summed E-state index contributed by atoms with van der Waals surface area (Å²) in [4.78, 5) is 8.42. The summed E-state index contributed by atoms with van der Waals surface area (Å²) in [6.45, 7) is 4.25. The first-order chi connectivity index (χ1) is 17.9. The van der Waals surface area contributed by atoms with Crippen LogP contribution >= 0.6 is 0 Å². The van der Waals surface area contributed by atoms with E-state index in [-0.39, 0.29) is 23.7 Å². The third-order valence-corrected chi connectivity index (χ3v) is 7.12. The number of amidine groups is 1. The highest BCUT2D eigenvalue weighted by Crippen LogP contribution is 2.37. The van der Waals surface area contributed by atoms with Crippen LogP contribution in [0.3, 0.4) is 0 Å². The maximum absolute atomic E-state index is 13.8. The number of H-pyrrole nitrogens is 1. The van der Waals surface area contributed by atoms with E-state index in [1.165, 1.54) is 23.8 Å². The summed E-state index contributed by atoms with van der Waals surface area (Å²) in [6.07, 6.45) is 7.60. The third-order valence-electron chi connectivity index (χ3n) is 7.12. The Hall–Kier alpha value is -3.56. The molecule has 4 N–H and O–H groups in total. The Labute approximate surface area is 215 Å². The maximum Gasteiger partial charge on any atom is 0.144 e. The number of hydrazine groups is 1. The molecular formula is C28H33F2N7. The zero-order chi connectivity index (χ0) is 26.0.